The van der Waals surface area contributed by atoms with E-state index in [1.54, 1.807) is 23.1 Å². The minimum atomic E-state index is -1.04. The smallest absolute Gasteiger partial charge is 0.337 e. The van der Waals surface area contributed by atoms with E-state index in [1.165, 1.54) is 12.1 Å². The van der Waals surface area contributed by atoms with Crippen LogP contribution in [0.3, 0.4) is 0 Å². The number of rotatable bonds is 3. The van der Waals surface area contributed by atoms with Crippen LogP contribution in [0.25, 0.3) is 0 Å². The lowest BCUT2D eigenvalue weighted by Crippen LogP contribution is -2.17. The Labute approximate surface area is 126 Å². The number of hydrogen-bond donors (Lipinski definition) is 1. The maximum atomic E-state index is 11.4. The molecule has 0 unspecified atom stereocenters. The van der Waals surface area contributed by atoms with Crippen molar-refractivity contribution in [2.75, 3.05) is 11.4 Å². The molecule has 6 heteroatoms. The second-order valence-electron chi connectivity index (χ2n) is 5.27. The maximum absolute atomic E-state index is 11.4. The predicted octanol–water partition coefficient (Wildman–Crippen LogP) is 3.30. The summed E-state index contributed by atoms with van der Waals surface area (Å²) in [6.45, 7) is 2.35. The average Bonchev–Trinajstić information content (AvgIpc) is 2.89. The fraction of sp³-hybridized carbons (Fsp3) is 0.188. The Balaban J connectivity index is 2.20. The van der Waals surface area contributed by atoms with Gasteiger partial charge in [0.25, 0.3) is 5.69 Å². The molecule has 0 aromatic heterocycles. The number of fused-ring (bicyclic) bond motifs is 1. The van der Waals surface area contributed by atoms with Gasteiger partial charge in [-0.1, -0.05) is 18.2 Å². The highest BCUT2D eigenvalue weighted by atomic mass is 16.6. The monoisotopic (exact) mass is 298 g/mol. The standard InChI is InChI=1S/C16H14N2O4/c1-10-8-11-6-7-17(15(11)14(9-10)18(21)22)13-5-3-2-4-12(13)16(19)20/h2-5,8-9H,6-7H2,1H3,(H,19,20). The van der Waals surface area contributed by atoms with Crippen LogP contribution in [0.4, 0.5) is 17.1 Å². The van der Waals surface area contributed by atoms with Gasteiger partial charge in [-0.25, -0.2) is 4.79 Å². The Morgan fingerprint density at radius 3 is 2.73 bits per heavy atom. The zero-order valence-corrected chi connectivity index (χ0v) is 11.9. The highest BCUT2D eigenvalue weighted by Gasteiger charge is 2.31. The zero-order valence-electron chi connectivity index (χ0n) is 11.9. The molecular weight excluding hydrogens is 284 g/mol. The third-order valence-electron chi connectivity index (χ3n) is 3.81. The number of para-hydroxylation sites is 1. The molecule has 0 radical (unpaired) electrons. The summed E-state index contributed by atoms with van der Waals surface area (Å²) in [6, 6.07) is 10.0. The number of hydrogen-bond acceptors (Lipinski definition) is 4. The molecule has 22 heavy (non-hydrogen) atoms. The lowest BCUT2D eigenvalue weighted by atomic mass is 10.1. The minimum absolute atomic E-state index is 0.0210. The summed E-state index contributed by atoms with van der Waals surface area (Å²) in [7, 11) is 0. The molecule has 0 saturated heterocycles. The van der Waals surface area contributed by atoms with Crippen LogP contribution >= 0.6 is 0 Å². The number of aromatic carboxylic acids is 1. The fourth-order valence-corrected chi connectivity index (χ4v) is 2.95. The molecule has 2 aromatic rings. The van der Waals surface area contributed by atoms with Crippen molar-refractivity contribution >= 4 is 23.0 Å². The second kappa shape index (κ2) is 5.14. The Morgan fingerprint density at radius 1 is 1.32 bits per heavy atom. The summed E-state index contributed by atoms with van der Waals surface area (Å²) in [5.41, 5.74) is 2.87. The molecule has 0 saturated carbocycles. The number of carboxylic acid groups (broad SMARTS) is 1. The first-order valence-electron chi connectivity index (χ1n) is 6.87. The van der Waals surface area contributed by atoms with Gasteiger partial charge in [-0.15, -0.1) is 0 Å². The van der Waals surface area contributed by atoms with Crippen molar-refractivity contribution in [1.29, 1.82) is 0 Å². The molecule has 1 aliphatic heterocycles. The van der Waals surface area contributed by atoms with Crippen LogP contribution in [0.5, 0.6) is 0 Å². The van der Waals surface area contributed by atoms with Gasteiger partial charge < -0.3 is 10.0 Å². The summed E-state index contributed by atoms with van der Waals surface area (Å²) in [4.78, 5) is 24.1. The maximum Gasteiger partial charge on any atom is 0.337 e. The number of carbonyl (C=O) groups is 1. The van der Waals surface area contributed by atoms with Gasteiger partial charge in [0.1, 0.15) is 5.69 Å². The summed E-state index contributed by atoms with van der Waals surface area (Å²) in [6.07, 6.45) is 0.659. The highest BCUT2D eigenvalue weighted by molar-refractivity contribution is 5.96. The van der Waals surface area contributed by atoms with Crippen molar-refractivity contribution in [3.05, 3.63) is 63.2 Å². The SMILES string of the molecule is Cc1cc2c(c([N+](=O)[O-])c1)N(c1ccccc1C(=O)O)CC2. The van der Waals surface area contributed by atoms with Gasteiger partial charge in [0, 0.05) is 12.6 Å². The average molecular weight is 298 g/mol. The molecule has 0 bridgehead atoms. The number of aryl methyl sites for hydroxylation is 1. The number of anilines is 2. The molecule has 1 N–H and O–H groups in total. The number of nitrogens with zero attached hydrogens (tertiary/aromatic N) is 2. The molecule has 0 aliphatic carbocycles. The third-order valence-corrected chi connectivity index (χ3v) is 3.81. The number of carboxylic acids is 1. The number of nitro benzene ring substituents is 1. The molecule has 1 aliphatic rings. The van der Waals surface area contributed by atoms with Crippen molar-refractivity contribution < 1.29 is 14.8 Å². The topological polar surface area (TPSA) is 83.7 Å². The van der Waals surface area contributed by atoms with Gasteiger partial charge >= 0.3 is 5.97 Å². The predicted molar refractivity (Wildman–Crippen MR) is 81.9 cm³/mol. The normalized spacial score (nSPS) is 13.0. The Kier molecular flexibility index (Phi) is 3.29. The van der Waals surface area contributed by atoms with Gasteiger partial charge in [0.2, 0.25) is 0 Å². The van der Waals surface area contributed by atoms with Gasteiger partial charge in [-0.2, -0.15) is 0 Å². The van der Waals surface area contributed by atoms with E-state index in [4.69, 9.17) is 0 Å². The van der Waals surface area contributed by atoms with E-state index in [0.717, 1.165) is 11.1 Å². The minimum Gasteiger partial charge on any atom is -0.478 e. The largest absolute Gasteiger partial charge is 0.478 e. The lowest BCUT2D eigenvalue weighted by Gasteiger charge is -2.21. The van der Waals surface area contributed by atoms with Crippen molar-refractivity contribution in [3.63, 3.8) is 0 Å². The van der Waals surface area contributed by atoms with E-state index in [2.05, 4.69) is 0 Å². The van der Waals surface area contributed by atoms with Crippen LogP contribution in [-0.4, -0.2) is 22.5 Å². The van der Waals surface area contributed by atoms with Crippen LogP contribution in [-0.2, 0) is 6.42 Å². The first-order chi connectivity index (χ1) is 10.5. The van der Waals surface area contributed by atoms with Crippen molar-refractivity contribution in [2.24, 2.45) is 0 Å². The summed E-state index contributed by atoms with van der Waals surface area (Å²) < 4.78 is 0. The molecule has 112 valence electrons. The van der Waals surface area contributed by atoms with Gasteiger partial charge in [-0.3, -0.25) is 10.1 Å². The van der Waals surface area contributed by atoms with E-state index < -0.39 is 10.9 Å². The third kappa shape index (κ3) is 2.18. The summed E-state index contributed by atoms with van der Waals surface area (Å²) >= 11 is 0. The van der Waals surface area contributed by atoms with E-state index >= 15 is 0 Å². The van der Waals surface area contributed by atoms with E-state index in [-0.39, 0.29) is 11.3 Å². The van der Waals surface area contributed by atoms with Crippen LogP contribution in [0, 0.1) is 17.0 Å². The van der Waals surface area contributed by atoms with Crippen LogP contribution in [0.1, 0.15) is 21.5 Å². The molecule has 3 rings (SSSR count). The Bertz CT molecular complexity index is 786. The van der Waals surface area contributed by atoms with E-state index in [0.29, 0.717) is 24.3 Å². The van der Waals surface area contributed by atoms with Crippen molar-refractivity contribution in [3.8, 4) is 0 Å². The van der Waals surface area contributed by atoms with Gasteiger partial charge in [0.05, 0.1) is 16.2 Å². The summed E-state index contributed by atoms with van der Waals surface area (Å²) in [5.74, 6) is -1.04. The first-order valence-corrected chi connectivity index (χ1v) is 6.87. The molecule has 0 atom stereocenters. The van der Waals surface area contributed by atoms with E-state index in [9.17, 15) is 20.0 Å². The quantitative estimate of drug-likeness (QED) is 0.694. The van der Waals surface area contributed by atoms with E-state index in [1.807, 2.05) is 13.0 Å². The molecule has 1 heterocycles. The fourth-order valence-electron chi connectivity index (χ4n) is 2.95. The summed E-state index contributed by atoms with van der Waals surface area (Å²) in [5, 5.41) is 20.7. The van der Waals surface area contributed by atoms with Gasteiger partial charge in [0.15, 0.2) is 0 Å². The molecule has 0 spiro atoms. The molecular formula is C16H14N2O4. The van der Waals surface area contributed by atoms with Crippen LogP contribution in [0.2, 0.25) is 0 Å². The molecule has 2 aromatic carbocycles. The number of benzene rings is 2. The Morgan fingerprint density at radius 2 is 2.05 bits per heavy atom. The van der Waals surface area contributed by atoms with Crippen LogP contribution < -0.4 is 4.90 Å². The highest BCUT2D eigenvalue weighted by Crippen LogP contribution is 2.43. The number of nitro groups is 1. The Hall–Kier alpha value is -2.89. The van der Waals surface area contributed by atoms with Crippen LogP contribution in [0.15, 0.2) is 36.4 Å². The van der Waals surface area contributed by atoms with Gasteiger partial charge in [-0.05, 0) is 36.6 Å². The van der Waals surface area contributed by atoms with Crippen molar-refractivity contribution in [2.45, 2.75) is 13.3 Å². The van der Waals surface area contributed by atoms with Crippen molar-refractivity contribution in [1.82, 2.24) is 0 Å². The second-order valence-corrected chi connectivity index (χ2v) is 5.27. The molecule has 0 amide bonds. The first kappa shape index (κ1) is 14.1. The molecule has 0 fully saturated rings. The molecule has 6 nitrogen and oxygen atoms in total. The lowest BCUT2D eigenvalue weighted by molar-refractivity contribution is -0.384. The zero-order chi connectivity index (χ0) is 15.9.